The Hall–Kier alpha value is -1.57. The highest BCUT2D eigenvalue weighted by Gasteiger charge is 2.42. The SMILES string of the molecule is CC(C)N1CCOC[C@]2(CN(C(=O)c3ccnnc3)CCO2)C1. The van der Waals surface area contributed by atoms with E-state index >= 15 is 0 Å². The van der Waals surface area contributed by atoms with Crippen LogP contribution < -0.4 is 0 Å². The first-order valence-corrected chi connectivity index (χ1v) is 8.11. The summed E-state index contributed by atoms with van der Waals surface area (Å²) in [7, 11) is 0. The summed E-state index contributed by atoms with van der Waals surface area (Å²) < 4.78 is 11.9. The van der Waals surface area contributed by atoms with Gasteiger partial charge in [-0.05, 0) is 19.9 Å². The highest BCUT2D eigenvalue weighted by molar-refractivity contribution is 5.93. The van der Waals surface area contributed by atoms with E-state index in [1.54, 1.807) is 12.3 Å². The van der Waals surface area contributed by atoms with Crippen molar-refractivity contribution in [3.63, 3.8) is 0 Å². The maximum absolute atomic E-state index is 12.7. The molecule has 1 aromatic rings. The van der Waals surface area contributed by atoms with Gasteiger partial charge in [0.05, 0.1) is 44.3 Å². The third-order valence-corrected chi connectivity index (χ3v) is 4.48. The molecule has 2 aliphatic heterocycles. The standard InChI is InChI=1S/C16H24N4O3/c1-13(2)19-5-7-22-12-16(10-19)11-20(6-8-23-16)15(21)14-3-4-17-18-9-14/h3-4,9,13H,5-8,10-12H2,1-2H3/t16-/m1/s1. The van der Waals surface area contributed by atoms with Crippen LogP contribution in [0.5, 0.6) is 0 Å². The largest absolute Gasteiger partial charge is 0.377 e. The maximum atomic E-state index is 12.7. The molecule has 0 aliphatic carbocycles. The van der Waals surface area contributed by atoms with Gasteiger partial charge in [0.15, 0.2) is 0 Å². The molecule has 2 fully saturated rings. The van der Waals surface area contributed by atoms with Gasteiger partial charge in [0.2, 0.25) is 0 Å². The third-order valence-electron chi connectivity index (χ3n) is 4.48. The van der Waals surface area contributed by atoms with Crippen molar-refractivity contribution in [2.75, 3.05) is 46.0 Å². The van der Waals surface area contributed by atoms with E-state index in [-0.39, 0.29) is 5.91 Å². The summed E-state index contributed by atoms with van der Waals surface area (Å²) in [6, 6.07) is 2.12. The summed E-state index contributed by atoms with van der Waals surface area (Å²) in [5.74, 6) is -0.0251. The second kappa shape index (κ2) is 6.90. The lowest BCUT2D eigenvalue weighted by molar-refractivity contribution is -0.134. The molecule has 126 valence electrons. The normalized spacial score (nSPS) is 26.5. The van der Waals surface area contributed by atoms with E-state index in [0.717, 1.165) is 13.1 Å². The van der Waals surface area contributed by atoms with E-state index in [2.05, 4.69) is 28.9 Å². The zero-order valence-electron chi connectivity index (χ0n) is 13.8. The predicted molar refractivity (Wildman–Crippen MR) is 84.1 cm³/mol. The number of carbonyl (C=O) groups excluding carboxylic acids is 1. The van der Waals surface area contributed by atoms with Crippen LogP contribution in [0.2, 0.25) is 0 Å². The fraction of sp³-hybridized carbons (Fsp3) is 0.688. The number of morpholine rings is 1. The fourth-order valence-electron chi connectivity index (χ4n) is 3.18. The number of ether oxygens (including phenoxy) is 2. The molecule has 0 saturated carbocycles. The summed E-state index contributed by atoms with van der Waals surface area (Å²) in [6.45, 7) is 8.90. The molecule has 0 N–H and O–H groups in total. The number of nitrogens with zero attached hydrogens (tertiary/aromatic N) is 4. The molecule has 0 bridgehead atoms. The van der Waals surface area contributed by atoms with E-state index in [4.69, 9.17) is 9.47 Å². The van der Waals surface area contributed by atoms with Gasteiger partial charge in [-0.2, -0.15) is 10.2 Å². The van der Waals surface area contributed by atoms with Gasteiger partial charge in [0, 0.05) is 25.7 Å². The van der Waals surface area contributed by atoms with Crippen LogP contribution >= 0.6 is 0 Å². The van der Waals surface area contributed by atoms with E-state index in [0.29, 0.717) is 44.5 Å². The van der Waals surface area contributed by atoms with E-state index in [1.807, 2.05) is 4.90 Å². The molecule has 7 nitrogen and oxygen atoms in total. The van der Waals surface area contributed by atoms with Crippen molar-refractivity contribution in [1.82, 2.24) is 20.0 Å². The Morgan fingerprint density at radius 1 is 1.26 bits per heavy atom. The van der Waals surface area contributed by atoms with E-state index < -0.39 is 5.60 Å². The van der Waals surface area contributed by atoms with Gasteiger partial charge < -0.3 is 14.4 Å². The first-order valence-electron chi connectivity index (χ1n) is 8.11. The first kappa shape index (κ1) is 16.3. The molecule has 3 heterocycles. The molecule has 0 unspecified atom stereocenters. The van der Waals surface area contributed by atoms with Gasteiger partial charge in [-0.15, -0.1) is 0 Å². The summed E-state index contributed by atoms with van der Waals surface area (Å²) in [4.78, 5) is 16.9. The van der Waals surface area contributed by atoms with Crippen LogP contribution in [0.4, 0.5) is 0 Å². The van der Waals surface area contributed by atoms with Crippen LogP contribution in [0.3, 0.4) is 0 Å². The van der Waals surface area contributed by atoms with Crippen molar-refractivity contribution in [3.05, 3.63) is 24.0 Å². The second-order valence-corrected chi connectivity index (χ2v) is 6.51. The van der Waals surface area contributed by atoms with Gasteiger partial charge in [-0.25, -0.2) is 0 Å². The maximum Gasteiger partial charge on any atom is 0.255 e. The summed E-state index contributed by atoms with van der Waals surface area (Å²) in [6.07, 6.45) is 3.05. The van der Waals surface area contributed by atoms with Gasteiger partial charge in [-0.1, -0.05) is 0 Å². The Balaban J connectivity index is 1.75. The highest BCUT2D eigenvalue weighted by atomic mass is 16.5. The summed E-state index contributed by atoms with van der Waals surface area (Å²) in [5.41, 5.74) is 0.113. The molecule has 1 amide bonds. The smallest absolute Gasteiger partial charge is 0.255 e. The van der Waals surface area contributed by atoms with Crippen LogP contribution in [0.1, 0.15) is 24.2 Å². The van der Waals surface area contributed by atoms with Crippen molar-refractivity contribution >= 4 is 5.91 Å². The third kappa shape index (κ3) is 3.68. The average Bonchev–Trinajstić information content (AvgIpc) is 2.78. The lowest BCUT2D eigenvalue weighted by atomic mass is 10.0. The number of amides is 1. The van der Waals surface area contributed by atoms with Crippen LogP contribution in [-0.4, -0.2) is 83.5 Å². The Morgan fingerprint density at radius 3 is 2.87 bits per heavy atom. The van der Waals surface area contributed by atoms with Gasteiger partial charge >= 0.3 is 0 Å². The Kier molecular flexibility index (Phi) is 4.89. The van der Waals surface area contributed by atoms with Crippen LogP contribution in [0.25, 0.3) is 0 Å². The fourth-order valence-corrected chi connectivity index (χ4v) is 3.18. The molecular weight excluding hydrogens is 296 g/mol. The number of aromatic nitrogens is 2. The average molecular weight is 320 g/mol. The Morgan fingerprint density at radius 2 is 2.13 bits per heavy atom. The molecular formula is C16H24N4O3. The molecule has 3 rings (SSSR count). The van der Waals surface area contributed by atoms with Gasteiger partial charge in [0.25, 0.3) is 5.91 Å². The number of rotatable bonds is 2. The minimum Gasteiger partial charge on any atom is -0.377 e. The Bertz CT molecular complexity index is 539. The lowest BCUT2D eigenvalue weighted by Crippen LogP contribution is -2.60. The van der Waals surface area contributed by atoms with Crippen LogP contribution in [-0.2, 0) is 9.47 Å². The monoisotopic (exact) mass is 320 g/mol. The van der Waals surface area contributed by atoms with Crippen molar-refractivity contribution in [3.8, 4) is 0 Å². The van der Waals surface area contributed by atoms with Crippen LogP contribution in [0.15, 0.2) is 18.5 Å². The molecule has 1 aromatic heterocycles. The molecule has 2 aliphatic rings. The lowest BCUT2D eigenvalue weighted by Gasteiger charge is -2.44. The molecule has 0 radical (unpaired) electrons. The Labute approximate surface area is 136 Å². The predicted octanol–water partition coefficient (Wildman–Crippen LogP) is 0.428. The minimum atomic E-state index is -0.449. The van der Waals surface area contributed by atoms with Crippen molar-refractivity contribution in [1.29, 1.82) is 0 Å². The molecule has 7 heteroatoms. The topological polar surface area (TPSA) is 67.8 Å². The quantitative estimate of drug-likeness (QED) is 0.787. The van der Waals surface area contributed by atoms with E-state index in [9.17, 15) is 4.79 Å². The first-order chi connectivity index (χ1) is 11.1. The van der Waals surface area contributed by atoms with Crippen molar-refractivity contribution < 1.29 is 14.3 Å². The number of hydrogen-bond donors (Lipinski definition) is 0. The van der Waals surface area contributed by atoms with E-state index in [1.165, 1.54) is 6.20 Å². The molecule has 1 spiro atoms. The molecule has 23 heavy (non-hydrogen) atoms. The molecule has 2 saturated heterocycles. The van der Waals surface area contributed by atoms with Gasteiger partial charge in [0.1, 0.15) is 5.60 Å². The van der Waals surface area contributed by atoms with Crippen LogP contribution in [0, 0.1) is 0 Å². The molecule has 1 atom stereocenters. The zero-order chi connectivity index (χ0) is 16.3. The number of carbonyl (C=O) groups is 1. The summed E-state index contributed by atoms with van der Waals surface area (Å²) >= 11 is 0. The summed E-state index contributed by atoms with van der Waals surface area (Å²) in [5, 5.41) is 7.52. The highest BCUT2D eigenvalue weighted by Crippen LogP contribution is 2.24. The van der Waals surface area contributed by atoms with Crippen molar-refractivity contribution in [2.24, 2.45) is 0 Å². The molecule has 0 aromatic carbocycles. The van der Waals surface area contributed by atoms with Gasteiger partial charge in [-0.3, -0.25) is 9.69 Å². The number of hydrogen-bond acceptors (Lipinski definition) is 6. The zero-order valence-corrected chi connectivity index (χ0v) is 13.8. The minimum absolute atomic E-state index is 0.0251. The second-order valence-electron chi connectivity index (χ2n) is 6.51. The van der Waals surface area contributed by atoms with Crippen molar-refractivity contribution in [2.45, 2.75) is 25.5 Å².